The van der Waals surface area contributed by atoms with Crippen LogP contribution >= 0.6 is 0 Å². The minimum absolute atomic E-state index is 0.0777. The van der Waals surface area contributed by atoms with Gasteiger partial charge in [-0.1, -0.05) is 26.8 Å². The summed E-state index contributed by atoms with van der Waals surface area (Å²) in [4.78, 5) is 0. The highest BCUT2D eigenvalue weighted by Crippen LogP contribution is 2.33. The fourth-order valence-corrected chi connectivity index (χ4v) is 2.11. The van der Waals surface area contributed by atoms with Gasteiger partial charge in [0.25, 0.3) is 0 Å². The topological polar surface area (TPSA) is 69.6 Å². The highest BCUT2D eigenvalue weighted by molar-refractivity contribution is 5.67. The molecule has 0 fully saturated rings. The molecule has 1 aromatic heterocycles. The SMILES string of the molecule is Cc1cc(C)c(-c2nnnn2C(C)C(C)(C)C)cc1N. The molecule has 5 nitrogen and oxygen atoms in total. The summed E-state index contributed by atoms with van der Waals surface area (Å²) < 4.78 is 1.89. The van der Waals surface area contributed by atoms with Crippen molar-refractivity contribution in [3.8, 4) is 11.4 Å². The van der Waals surface area contributed by atoms with Crippen molar-refractivity contribution in [1.29, 1.82) is 0 Å². The summed E-state index contributed by atoms with van der Waals surface area (Å²) in [5.41, 5.74) is 10.1. The minimum Gasteiger partial charge on any atom is -0.398 e. The lowest BCUT2D eigenvalue weighted by Crippen LogP contribution is -2.23. The average molecular weight is 273 g/mol. The molecule has 2 aromatic rings. The molecular formula is C15H23N5. The Morgan fingerprint density at radius 3 is 2.40 bits per heavy atom. The predicted octanol–water partition coefficient (Wildman–Crippen LogP) is 3.15. The zero-order valence-electron chi connectivity index (χ0n) is 13.1. The Bertz CT molecular complexity index is 622. The lowest BCUT2D eigenvalue weighted by molar-refractivity contribution is 0.243. The van der Waals surface area contributed by atoms with Crippen LogP contribution in [0.3, 0.4) is 0 Å². The van der Waals surface area contributed by atoms with E-state index in [1.165, 1.54) is 0 Å². The van der Waals surface area contributed by atoms with Crippen LogP contribution in [0.5, 0.6) is 0 Å². The molecule has 20 heavy (non-hydrogen) atoms. The largest absolute Gasteiger partial charge is 0.398 e. The molecule has 0 amide bonds. The van der Waals surface area contributed by atoms with Gasteiger partial charge >= 0.3 is 0 Å². The first kappa shape index (κ1) is 14.5. The Hall–Kier alpha value is -1.91. The van der Waals surface area contributed by atoms with Crippen LogP contribution in [-0.4, -0.2) is 20.2 Å². The molecule has 5 heteroatoms. The highest BCUT2D eigenvalue weighted by Gasteiger charge is 2.26. The summed E-state index contributed by atoms with van der Waals surface area (Å²) in [5, 5.41) is 12.2. The van der Waals surface area contributed by atoms with Crippen LogP contribution in [0.2, 0.25) is 0 Å². The summed E-state index contributed by atoms with van der Waals surface area (Å²) in [6.45, 7) is 12.7. The molecule has 2 N–H and O–H groups in total. The fraction of sp³-hybridized carbons (Fsp3) is 0.533. The van der Waals surface area contributed by atoms with E-state index in [2.05, 4.69) is 56.2 Å². The van der Waals surface area contributed by atoms with E-state index < -0.39 is 0 Å². The standard InChI is InChI=1S/C15H23N5/c1-9-7-10(2)13(16)8-12(9)14-17-18-19-20(14)11(3)15(4,5)6/h7-8,11H,16H2,1-6H3. The third-order valence-electron chi connectivity index (χ3n) is 3.97. The third-order valence-corrected chi connectivity index (χ3v) is 3.97. The first-order valence-corrected chi connectivity index (χ1v) is 6.86. The second-order valence-corrected chi connectivity index (χ2v) is 6.51. The van der Waals surface area contributed by atoms with E-state index in [0.29, 0.717) is 0 Å². The maximum absolute atomic E-state index is 6.03. The van der Waals surface area contributed by atoms with E-state index in [0.717, 1.165) is 28.2 Å². The molecule has 0 bridgehead atoms. The molecule has 0 saturated carbocycles. The molecule has 1 unspecified atom stereocenters. The van der Waals surface area contributed by atoms with Crippen molar-refractivity contribution in [2.24, 2.45) is 5.41 Å². The quantitative estimate of drug-likeness (QED) is 0.853. The maximum atomic E-state index is 6.03. The van der Waals surface area contributed by atoms with Crippen molar-refractivity contribution < 1.29 is 0 Å². The van der Waals surface area contributed by atoms with E-state index >= 15 is 0 Å². The molecule has 0 aliphatic carbocycles. The van der Waals surface area contributed by atoms with Crippen LogP contribution in [0, 0.1) is 19.3 Å². The van der Waals surface area contributed by atoms with E-state index in [9.17, 15) is 0 Å². The molecule has 0 radical (unpaired) electrons. The van der Waals surface area contributed by atoms with Crippen molar-refractivity contribution >= 4 is 5.69 Å². The van der Waals surface area contributed by atoms with Crippen LogP contribution in [0.15, 0.2) is 12.1 Å². The zero-order chi connectivity index (χ0) is 15.1. The number of nitrogens with two attached hydrogens (primary N) is 1. The Morgan fingerprint density at radius 1 is 1.15 bits per heavy atom. The lowest BCUT2D eigenvalue weighted by Gasteiger charge is -2.27. The zero-order valence-corrected chi connectivity index (χ0v) is 13.1. The Morgan fingerprint density at radius 2 is 1.80 bits per heavy atom. The van der Waals surface area contributed by atoms with Crippen LogP contribution in [0.4, 0.5) is 5.69 Å². The van der Waals surface area contributed by atoms with Crippen LogP contribution < -0.4 is 5.73 Å². The van der Waals surface area contributed by atoms with Crippen molar-refractivity contribution in [2.45, 2.75) is 47.6 Å². The third kappa shape index (κ3) is 2.53. The van der Waals surface area contributed by atoms with Crippen LogP contribution in [0.25, 0.3) is 11.4 Å². The summed E-state index contributed by atoms with van der Waals surface area (Å²) in [6.07, 6.45) is 0. The van der Waals surface area contributed by atoms with Gasteiger partial charge in [-0.3, -0.25) is 0 Å². The number of hydrogen-bond acceptors (Lipinski definition) is 4. The molecule has 1 atom stereocenters. The molecule has 2 rings (SSSR count). The van der Waals surface area contributed by atoms with Crippen molar-refractivity contribution in [2.75, 3.05) is 5.73 Å². The highest BCUT2D eigenvalue weighted by atomic mass is 15.5. The predicted molar refractivity (Wildman–Crippen MR) is 81.3 cm³/mol. The minimum atomic E-state index is 0.0777. The first-order valence-electron chi connectivity index (χ1n) is 6.86. The first-order chi connectivity index (χ1) is 9.21. The average Bonchev–Trinajstić information content (AvgIpc) is 2.80. The van der Waals surface area contributed by atoms with Gasteiger partial charge in [0.15, 0.2) is 5.82 Å². The molecule has 0 saturated heterocycles. The number of benzene rings is 1. The van der Waals surface area contributed by atoms with Gasteiger partial charge in [-0.05, 0) is 53.8 Å². The van der Waals surface area contributed by atoms with Gasteiger partial charge in [0.1, 0.15) is 0 Å². The molecule has 108 valence electrons. The van der Waals surface area contributed by atoms with Gasteiger partial charge in [-0.25, -0.2) is 4.68 Å². The molecule has 1 aromatic carbocycles. The number of anilines is 1. The summed E-state index contributed by atoms with van der Waals surface area (Å²) in [7, 11) is 0. The number of hydrogen-bond donors (Lipinski definition) is 1. The number of nitrogen functional groups attached to an aromatic ring is 1. The van der Waals surface area contributed by atoms with E-state index in [4.69, 9.17) is 5.73 Å². The molecule has 0 aliphatic rings. The lowest BCUT2D eigenvalue weighted by atomic mass is 9.88. The van der Waals surface area contributed by atoms with Gasteiger partial charge in [-0.2, -0.15) is 0 Å². The number of rotatable bonds is 2. The van der Waals surface area contributed by atoms with Crippen molar-refractivity contribution in [1.82, 2.24) is 20.2 Å². The normalized spacial score (nSPS) is 13.5. The van der Waals surface area contributed by atoms with Crippen LogP contribution in [-0.2, 0) is 0 Å². The molecule has 0 spiro atoms. The number of aromatic nitrogens is 4. The van der Waals surface area contributed by atoms with Gasteiger partial charge < -0.3 is 5.73 Å². The van der Waals surface area contributed by atoms with Gasteiger partial charge in [0.05, 0.1) is 6.04 Å². The summed E-state index contributed by atoms with van der Waals surface area (Å²) >= 11 is 0. The number of aryl methyl sites for hydroxylation is 2. The van der Waals surface area contributed by atoms with E-state index in [1.807, 2.05) is 17.7 Å². The van der Waals surface area contributed by atoms with Gasteiger partial charge in [-0.15, -0.1) is 5.10 Å². The monoisotopic (exact) mass is 273 g/mol. The number of nitrogens with zero attached hydrogens (tertiary/aromatic N) is 4. The van der Waals surface area contributed by atoms with E-state index in [1.54, 1.807) is 0 Å². The Balaban J connectivity index is 2.56. The second kappa shape index (κ2) is 4.89. The van der Waals surface area contributed by atoms with Gasteiger partial charge in [0, 0.05) is 11.3 Å². The summed E-state index contributed by atoms with van der Waals surface area (Å²) in [6, 6.07) is 4.22. The molecule has 1 heterocycles. The number of tetrazole rings is 1. The smallest absolute Gasteiger partial charge is 0.182 e. The van der Waals surface area contributed by atoms with Crippen molar-refractivity contribution in [3.63, 3.8) is 0 Å². The summed E-state index contributed by atoms with van der Waals surface area (Å²) in [5.74, 6) is 0.775. The maximum Gasteiger partial charge on any atom is 0.182 e. The molecule has 0 aliphatic heterocycles. The van der Waals surface area contributed by atoms with E-state index in [-0.39, 0.29) is 11.5 Å². The Labute approximate surface area is 120 Å². The molecular weight excluding hydrogens is 250 g/mol. The second-order valence-electron chi connectivity index (χ2n) is 6.51. The fourth-order valence-electron chi connectivity index (χ4n) is 2.11. The van der Waals surface area contributed by atoms with Gasteiger partial charge in [0.2, 0.25) is 0 Å². The van der Waals surface area contributed by atoms with Crippen LogP contribution in [0.1, 0.15) is 44.9 Å². The Kier molecular flexibility index (Phi) is 3.54. The van der Waals surface area contributed by atoms with Crippen molar-refractivity contribution in [3.05, 3.63) is 23.3 Å².